The summed E-state index contributed by atoms with van der Waals surface area (Å²) in [6.45, 7) is 7.29. The highest BCUT2D eigenvalue weighted by Crippen LogP contribution is 2.22. The second kappa shape index (κ2) is 9.26. The van der Waals surface area contributed by atoms with Crippen molar-refractivity contribution < 1.29 is 9.18 Å². The van der Waals surface area contributed by atoms with E-state index >= 15 is 0 Å². The molecule has 2 aromatic carbocycles. The van der Waals surface area contributed by atoms with E-state index in [0.717, 1.165) is 6.42 Å². The largest absolute Gasteiger partial charge is 0.370 e. The fourth-order valence-electron chi connectivity index (χ4n) is 2.95. The molecule has 6 heteroatoms. The summed E-state index contributed by atoms with van der Waals surface area (Å²) >= 11 is 5.76. The lowest BCUT2D eigenvalue weighted by Crippen LogP contribution is -2.13. The molecule has 0 bridgehead atoms. The summed E-state index contributed by atoms with van der Waals surface area (Å²) in [6.07, 6.45) is 2.42. The Balaban J connectivity index is 1.57. The molecule has 0 spiro atoms. The first-order valence-electron chi connectivity index (χ1n) is 9.78. The van der Waals surface area contributed by atoms with Crippen molar-refractivity contribution in [3.8, 4) is 0 Å². The number of hydrogen-bond donors (Lipinski definition) is 2. The van der Waals surface area contributed by atoms with Crippen molar-refractivity contribution in [1.82, 2.24) is 4.98 Å². The monoisotopic (exact) mass is 425 g/mol. The Morgan fingerprint density at radius 2 is 1.80 bits per heavy atom. The number of rotatable bonds is 6. The Morgan fingerprint density at radius 1 is 1.07 bits per heavy atom. The second-order valence-corrected chi connectivity index (χ2v) is 8.54. The molecule has 3 rings (SSSR count). The van der Waals surface area contributed by atoms with Gasteiger partial charge in [-0.1, -0.05) is 56.6 Å². The van der Waals surface area contributed by atoms with E-state index in [1.54, 1.807) is 18.3 Å². The second-order valence-electron chi connectivity index (χ2n) is 8.14. The molecule has 0 fully saturated rings. The molecular weight excluding hydrogens is 401 g/mol. The maximum Gasteiger partial charge on any atom is 0.255 e. The van der Waals surface area contributed by atoms with Crippen LogP contribution in [0, 0.1) is 5.82 Å². The summed E-state index contributed by atoms with van der Waals surface area (Å²) < 4.78 is 13.3. The highest BCUT2D eigenvalue weighted by atomic mass is 35.5. The Bertz CT molecular complexity index is 1030. The van der Waals surface area contributed by atoms with Gasteiger partial charge >= 0.3 is 0 Å². The minimum absolute atomic E-state index is 0.0413. The lowest BCUT2D eigenvalue weighted by atomic mass is 9.86. The number of benzene rings is 2. The van der Waals surface area contributed by atoms with E-state index in [2.05, 4.69) is 60.7 Å². The van der Waals surface area contributed by atoms with Gasteiger partial charge in [-0.15, -0.1) is 0 Å². The van der Waals surface area contributed by atoms with Crippen LogP contribution in [0.2, 0.25) is 5.02 Å². The van der Waals surface area contributed by atoms with E-state index in [-0.39, 0.29) is 16.3 Å². The fourth-order valence-corrected chi connectivity index (χ4v) is 3.13. The van der Waals surface area contributed by atoms with Gasteiger partial charge in [0.2, 0.25) is 0 Å². The molecule has 30 heavy (non-hydrogen) atoms. The highest BCUT2D eigenvalue weighted by Gasteiger charge is 2.13. The molecule has 0 aliphatic heterocycles. The predicted molar refractivity (Wildman–Crippen MR) is 121 cm³/mol. The summed E-state index contributed by atoms with van der Waals surface area (Å²) in [5, 5.41) is 5.92. The maximum absolute atomic E-state index is 13.3. The van der Waals surface area contributed by atoms with Crippen molar-refractivity contribution in [2.24, 2.45) is 0 Å². The number of halogens is 2. The van der Waals surface area contributed by atoms with Gasteiger partial charge in [-0.25, -0.2) is 9.37 Å². The molecule has 0 saturated heterocycles. The molecule has 1 heterocycles. The summed E-state index contributed by atoms with van der Waals surface area (Å²) in [4.78, 5) is 16.7. The first kappa shape index (κ1) is 21.8. The number of nitrogens with one attached hydrogen (secondary N) is 2. The number of anilines is 2. The summed E-state index contributed by atoms with van der Waals surface area (Å²) in [5.41, 5.74) is 3.56. The molecule has 3 aromatic rings. The van der Waals surface area contributed by atoms with Gasteiger partial charge in [-0.3, -0.25) is 4.79 Å². The van der Waals surface area contributed by atoms with Crippen LogP contribution in [0.3, 0.4) is 0 Å². The van der Waals surface area contributed by atoms with Crippen LogP contribution in [0.1, 0.15) is 42.3 Å². The Morgan fingerprint density at radius 3 is 2.47 bits per heavy atom. The van der Waals surface area contributed by atoms with Gasteiger partial charge in [0.15, 0.2) is 0 Å². The molecule has 0 aliphatic carbocycles. The number of pyridine rings is 1. The number of aromatic nitrogens is 1. The predicted octanol–water partition coefficient (Wildman–Crippen LogP) is 6.08. The summed E-state index contributed by atoms with van der Waals surface area (Å²) in [5.74, 6) is -0.231. The molecule has 2 N–H and O–H groups in total. The standard InChI is InChI=1S/C24H25ClFN3O/c1-24(2,3)18-6-4-16(5-7-18)10-12-27-22-14-17(11-13-28-22)23(30)29-19-8-9-21(26)20(25)15-19/h4-9,11,13-15H,10,12H2,1-3H3,(H,27,28)(H,29,30). The minimum Gasteiger partial charge on any atom is -0.370 e. The molecule has 0 atom stereocenters. The van der Waals surface area contributed by atoms with Crippen LogP contribution in [-0.4, -0.2) is 17.4 Å². The average molecular weight is 426 g/mol. The van der Waals surface area contributed by atoms with Crippen LogP contribution >= 0.6 is 11.6 Å². The SMILES string of the molecule is CC(C)(C)c1ccc(CCNc2cc(C(=O)Nc3ccc(F)c(Cl)c3)ccn2)cc1. The van der Waals surface area contributed by atoms with Crippen molar-refractivity contribution in [2.75, 3.05) is 17.2 Å². The van der Waals surface area contributed by atoms with Crippen LogP contribution in [0.25, 0.3) is 0 Å². The fraction of sp³-hybridized carbons (Fsp3) is 0.250. The summed E-state index contributed by atoms with van der Waals surface area (Å²) in [7, 11) is 0. The molecule has 0 saturated carbocycles. The van der Waals surface area contributed by atoms with Gasteiger partial charge in [0.1, 0.15) is 11.6 Å². The van der Waals surface area contributed by atoms with E-state index < -0.39 is 5.82 Å². The number of hydrogen-bond acceptors (Lipinski definition) is 3. The van der Waals surface area contributed by atoms with Crippen LogP contribution < -0.4 is 10.6 Å². The van der Waals surface area contributed by atoms with Crippen LogP contribution in [-0.2, 0) is 11.8 Å². The van der Waals surface area contributed by atoms with Crippen molar-refractivity contribution in [1.29, 1.82) is 0 Å². The molecule has 1 aromatic heterocycles. The van der Waals surface area contributed by atoms with E-state index in [4.69, 9.17) is 11.6 Å². The van der Waals surface area contributed by atoms with E-state index in [1.807, 2.05) is 0 Å². The zero-order valence-corrected chi connectivity index (χ0v) is 18.1. The topological polar surface area (TPSA) is 54.0 Å². The number of amides is 1. The van der Waals surface area contributed by atoms with E-state index in [9.17, 15) is 9.18 Å². The Hall–Kier alpha value is -2.92. The van der Waals surface area contributed by atoms with Crippen molar-refractivity contribution >= 4 is 29.0 Å². The zero-order chi connectivity index (χ0) is 21.7. The lowest BCUT2D eigenvalue weighted by Gasteiger charge is -2.19. The third-order valence-electron chi connectivity index (χ3n) is 4.74. The molecular formula is C24H25ClFN3O. The normalized spacial score (nSPS) is 11.2. The number of carbonyl (C=O) groups excluding carboxylic acids is 1. The third kappa shape index (κ3) is 5.80. The van der Waals surface area contributed by atoms with Gasteiger partial charge < -0.3 is 10.6 Å². The lowest BCUT2D eigenvalue weighted by molar-refractivity contribution is 0.102. The molecule has 1 amide bonds. The van der Waals surface area contributed by atoms with E-state index in [0.29, 0.717) is 23.6 Å². The van der Waals surface area contributed by atoms with Crippen LogP contribution in [0.15, 0.2) is 60.8 Å². The molecule has 4 nitrogen and oxygen atoms in total. The quantitative estimate of drug-likeness (QED) is 0.503. The van der Waals surface area contributed by atoms with Crippen LogP contribution in [0.4, 0.5) is 15.9 Å². The Kier molecular flexibility index (Phi) is 6.73. The summed E-state index contributed by atoms with van der Waals surface area (Å²) in [6, 6.07) is 16.0. The molecule has 0 radical (unpaired) electrons. The van der Waals surface area contributed by atoms with Gasteiger partial charge in [0, 0.05) is 24.0 Å². The van der Waals surface area contributed by atoms with Gasteiger partial charge in [-0.05, 0) is 53.3 Å². The smallest absolute Gasteiger partial charge is 0.255 e. The molecule has 0 aliphatic rings. The molecule has 156 valence electrons. The van der Waals surface area contributed by atoms with Gasteiger partial charge in [-0.2, -0.15) is 0 Å². The van der Waals surface area contributed by atoms with E-state index in [1.165, 1.54) is 29.3 Å². The number of carbonyl (C=O) groups is 1. The van der Waals surface area contributed by atoms with Gasteiger partial charge in [0.25, 0.3) is 5.91 Å². The third-order valence-corrected chi connectivity index (χ3v) is 5.03. The van der Waals surface area contributed by atoms with Crippen molar-refractivity contribution in [3.63, 3.8) is 0 Å². The zero-order valence-electron chi connectivity index (χ0n) is 17.3. The van der Waals surface area contributed by atoms with Crippen LogP contribution in [0.5, 0.6) is 0 Å². The van der Waals surface area contributed by atoms with Crippen molar-refractivity contribution in [3.05, 3.63) is 88.3 Å². The first-order valence-corrected chi connectivity index (χ1v) is 10.2. The molecule has 0 unspecified atom stereocenters. The number of nitrogens with zero attached hydrogens (tertiary/aromatic N) is 1. The Labute approximate surface area is 181 Å². The minimum atomic E-state index is -0.530. The van der Waals surface area contributed by atoms with Gasteiger partial charge in [0.05, 0.1) is 5.02 Å². The maximum atomic E-state index is 13.3. The first-order chi connectivity index (χ1) is 14.2. The highest BCUT2D eigenvalue weighted by molar-refractivity contribution is 6.31. The average Bonchev–Trinajstić information content (AvgIpc) is 2.71. The van der Waals surface area contributed by atoms with Crippen molar-refractivity contribution in [2.45, 2.75) is 32.6 Å².